The number of nitrogens with one attached hydrogen (secondary N) is 1. The standard InChI is InChI=1S/C14H14F3N.ClH/c15-14(16,17)13-5-3-11(4-6-13)1-2-12-7-9-18-10-8-12;/h3-6,12,18H,7-10H2;1H. The van der Waals surface area contributed by atoms with E-state index in [1.807, 2.05) is 0 Å². The van der Waals surface area contributed by atoms with Gasteiger partial charge >= 0.3 is 6.18 Å². The number of alkyl halides is 3. The molecular formula is C14H15ClF3N. The predicted octanol–water partition coefficient (Wildman–Crippen LogP) is 3.48. The number of halogens is 4. The summed E-state index contributed by atoms with van der Waals surface area (Å²) in [6, 6.07) is 5.01. The molecule has 1 aliphatic heterocycles. The molecule has 104 valence electrons. The second kappa shape index (κ2) is 6.83. The summed E-state index contributed by atoms with van der Waals surface area (Å²) in [6.45, 7) is 1.93. The molecule has 5 heteroatoms. The highest BCUT2D eigenvalue weighted by molar-refractivity contribution is 5.85. The average molecular weight is 290 g/mol. The second-order valence-electron chi connectivity index (χ2n) is 4.37. The lowest BCUT2D eigenvalue weighted by molar-refractivity contribution is -0.137. The quantitative estimate of drug-likeness (QED) is 0.721. The molecular weight excluding hydrogens is 275 g/mol. The molecule has 1 saturated heterocycles. The maximum atomic E-state index is 12.4. The summed E-state index contributed by atoms with van der Waals surface area (Å²) in [4.78, 5) is 0. The van der Waals surface area contributed by atoms with Gasteiger partial charge in [0.15, 0.2) is 0 Å². The minimum absolute atomic E-state index is 0. The van der Waals surface area contributed by atoms with E-state index >= 15 is 0 Å². The first-order chi connectivity index (χ1) is 8.55. The van der Waals surface area contributed by atoms with Crippen LogP contribution in [0, 0.1) is 17.8 Å². The van der Waals surface area contributed by atoms with Crippen LogP contribution in [0.4, 0.5) is 13.2 Å². The number of rotatable bonds is 0. The van der Waals surface area contributed by atoms with Crippen molar-refractivity contribution in [2.75, 3.05) is 13.1 Å². The Morgan fingerprint density at radius 2 is 1.63 bits per heavy atom. The van der Waals surface area contributed by atoms with Crippen LogP contribution in [0.2, 0.25) is 0 Å². The zero-order valence-electron chi connectivity index (χ0n) is 10.3. The van der Waals surface area contributed by atoms with Crippen molar-refractivity contribution in [2.24, 2.45) is 5.92 Å². The maximum Gasteiger partial charge on any atom is 0.416 e. The van der Waals surface area contributed by atoms with Crippen LogP contribution in [0.1, 0.15) is 24.0 Å². The monoisotopic (exact) mass is 289 g/mol. The Morgan fingerprint density at radius 1 is 1.05 bits per heavy atom. The lowest BCUT2D eigenvalue weighted by atomic mass is 9.98. The molecule has 0 unspecified atom stereocenters. The lowest BCUT2D eigenvalue weighted by Gasteiger charge is -2.17. The van der Waals surface area contributed by atoms with E-state index in [1.165, 1.54) is 12.1 Å². The van der Waals surface area contributed by atoms with E-state index in [1.54, 1.807) is 0 Å². The zero-order valence-corrected chi connectivity index (χ0v) is 11.1. The Kier molecular flexibility index (Phi) is 5.71. The molecule has 0 aliphatic carbocycles. The van der Waals surface area contributed by atoms with E-state index in [2.05, 4.69) is 17.2 Å². The van der Waals surface area contributed by atoms with Crippen molar-refractivity contribution >= 4 is 12.4 Å². The van der Waals surface area contributed by atoms with Crippen LogP contribution in [0.15, 0.2) is 24.3 Å². The molecule has 1 aromatic rings. The fourth-order valence-corrected chi connectivity index (χ4v) is 1.89. The fraction of sp³-hybridized carbons (Fsp3) is 0.429. The Hall–Kier alpha value is -1.18. The van der Waals surface area contributed by atoms with Crippen molar-refractivity contribution in [3.63, 3.8) is 0 Å². The van der Waals surface area contributed by atoms with Crippen molar-refractivity contribution in [1.82, 2.24) is 5.32 Å². The summed E-state index contributed by atoms with van der Waals surface area (Å²) in [5, 5.41) is 3.24. The molecule has 0 aromatic heterocycles. The van der Waals surface area contributed by atoms with Crippen LogP contribution >= 0.6 is 12.4 Å². The second-order valence-corrected chi connectivity index (χ2v) is 4.37. The molecule has 1 heterocycles. The molecule has 2 rings (SSSR count). The molecule has 1 aromatic carbocycles. The van der Waals surface area contributed by atoms with Crippen molar-refractivity contribution in [3.05, 3.63) is 35.4 Å². The highest BCUT2D eigenvalue weighted by Gasteiger charge is 2.29. The van der Waals surface area contributed by atoms with Crippen molar-refractivity contribution in [3.8, 4) is 11.8 Å². The van der Waals surface area contributed by atoms with Gasteiger partial charge in [0.05, 0.1) is 5.56 Å². The SMILES string of the molecule is Cl.FC(F)(F)c1ccc(C#CC2CCNCC2)cc1. The molecule has 0 bridgehead atoms. The van der Waals surface area contributed by atoms with Crippen LogP contribution in [-0.4, -0.2) is 13.1 Å². The number of piperidine rings is 1. The third-order valence-corrected chi connectivity index (χ3v) is 2.97. The molecule has 1 aliphatic rings. The van der Waals surface area contributed by atoms with E-state index in [0.717, 1.165) is 38.1 Å². The zero-order chi connectivity index (χ0) is 13.0. The molecule has 1 fully saturated rings. The molecule has 19 heavy (non-hydrogen) atoms. The first kappa shape index (κ1) is 15.9. The Morgan fingerprint density at radius 3 is 2.16 bits per heavy atom. The summed E-state index contributed by atoms with van der Waals surface area (Å²) in [5.41, 5.74) is 0.0106. The van der Waals surface area contributed by atoms with Crippen LogP contribution in [0.5, 0.6) is 0 Å². The first-order valence-electron chi connectivity index (χ1n) is 5.95. The average Bonchev–Trinajstić information content (AvgIpc) is 2.37. The summed E-state index contributed by atoms with van der Waals surface area (Å²) in [6.07, 6.45) is -2.26. The highest BCUT2D eigenvalue weighted by Crippen LogP contribution is 2.28. The van der Waals surface area contributed by atoms with Gasteiger partial charge in [0, 0.05) is 11.5 Å². The molecule has 1 N–H and O–H groups in total. The predicted molar refractivity (Wildman–Crippen MR) is 71.2 cm³/mol. The van der Waals surface area contributed by atoms with E-state index < -0.39 is 11.7 Å². The summed E-state index contributed by atoms with van der Waals surface area (Å²) in [5.74, 6) is 6.43. The summed E-state index contributed by atoms with van der Waals surface area (Å²) < 4.78 is 37.1. The topological polar surface area (TPSA) is 12.0 Å². The van der Waals surface area contributed by atoms with Crippen LogP contribution in [-0.2, 0) is 6.18 Å². The van der Waals surface area contributed by atoms with Crippen molar-refractivity contribution in [2.45, 2.75) is 19.0 Å². The van der Waals surface area contributed by atoms with Gasteiger partial charge in [-0.3, -0.25) is 0 Å². The van der Waals surface area contributed by atoms with Crippen molar-refractivity contribution < 1.29 is 13.2 Å². The Bertz CT molecular complexity index is 450. The molecule has 1 nitrogen and oxygen atoms in total. The largest absolute Gasteiger partial charge is 0.416 e. The number of hydrogen-bond acceptors (Lipinski definition) is 1. The smallest absolute Gasteiger partial charge is 0.317 e. The molecule has 0 atom stereocenters. The van der Waals surface area contributed by atoms with Gasteiger partial charge in [0.2, 0.25) is 0 Å². The molecule has 0 saturated carbocycles. The molecule has 0 amide bonds. The molecule has 0 radical (unpaired) electrons. The van der Waals surface area contributed by atoms with E-state index in [9.17, 15) is 13.2 Å². The van der Waals surface area contributed by atoms with Gasteiger partial charge in [-0.05, 0) is 50.2 Å². The van der Waals surface area contributed by atoms with E-state index in [0.29, 0.717) is 11.5 Å². The Labute approximate surface area is 117 Å². The van der Waals surface area contributed by atoms with Gasteiger partial charge in [0.25, 0.3) is 0 Å². The highest BCUT2D eigenvalue weighted by atomic mass is 35.5. The maximum absolute atomic E-state index is 12.4. The van der Waals surface area contributed by atoms with Gasteiger partial charge in [-0.15, -0.1) is 12.4 Å². The van der Waals surface area contributed by atoms with Gasteiger partial charge in [-0.25, -0.2) is 0 Å². The van der Waals surface area contributed by atoms with E-state index in [-0.39, 0.29) is 12.4 Å². The molecule has 0 spiro atoms. The number of benzene rings is 1. The van der Waals surface area contributed by atoms with E-state index in [4.69, 9.17) is 0 Å². The van der Waals surface area contributed by atoms with Crippen LogP contribution in [0.3, 0.4) is 0 Å². The first-order valence-corrected chi connectivity index (χ1v) is 5.95. The normalized spacial score (nSPS) is 16.2. The van der Waals surface area contributed by atoms with Gasteiger partial charge in [0.1, 0.15) is 0 Å². The third kappa shape index (κ3) is 4.77. The minimum Gasteiger partial charge on any atom is -0.317 e. The van der Waals surface area contributed by atoms with Crippen molar-refractivity contribution in [1.29, 1.82) is 0 Å². The number of hydrogen-bond donors (Lipinski definition) is 1. The van der Waals surface area contributed by atoms with Gasteiger partial charge < -0.3 is 5.32 Å². The summed E-state index contributed by atoms with van der Waals surface area (Å²) >= 11 is 0. The fourth-order valence-electron chi connectivity index (χ4n) is 1.89. The van der Waals surface area contributed by atoms with Gasteiger partial charge in [-0.2, -0.15) is 13.2 Å². The summed E-state index contributed by atoms with van der Waals surface area (Å²) in [7, 11) is 0. The Balaban J connectivity index is 0.00000180. The third-order valence-electron chi connectivity index (χ3n) is 2.97. The van der Waals surface area contributed by atoms with Crippen LogP contribution < -0.4 is 5.32 Å². The van der Waals surface area contributed by atoms with Gasteiger partial charge in [-0.1, -0.05) is 11.8 Å². The van der Waals surface area contributed by atoms with Crippen LogP contribution in [0.25, 0.3) is 0 Å². The lowest BCUT2D eigenvalue weighted by Crippen LogP contribution is -2.26. The minimum atomic E-state index is -4.28.